The van der Waals surface area contributed by atoms with E-state index >= 15 is 0 Å². The van der Waals surface area contributed by atoms with Crippen LogP contribution in [0.25, 0.3) is 0 Å². The molecule has 0 spiro atoms. The van der Waals surface area contributed by atoms with Crippen molar-refractivity contribution in [2.45, 2.75) is 0 Å². The number of thiophene rings is 1. The predicted molar refractivity (Wildman–Crippen MR) is 85.9 cm³/mol. The molecule has 0 radical (unpaired) electrons. The molecule has 0 aliphatic rings. The molecule has 21 heavy (non-hydrogen) atoms. The Morgan fingerprint density at radius 3 is 2.76 bits per heavy atom. The van der Waals surface area contributed by atoms with E-state index in [1.807, 2.05) is 35.7 Å². The average molecular weight is 314 g/mol. The Hall–Kier alpha value is -2.38. The molecule has 0 aliphatic carbocycles. The lowest BCUT2D eigenvalue weighted by molar-refractivity contribution is 0.102. The number of hydrogen-bond donors (Lipinski definition) is 1. The van der Waals surface area contributed by atoms with Gasteiger partial charge in [0.05, 0.1) is 0 Å². The molecule has 7 heteroatoms. The lowest BCUT2D eigenvalue weighted by Crippen LogP contribution is -2.11. The molecular formula is C14H10N4OS2. The van der Waals surface area contributed by atoms with Gasteiger partial charge in [-0.3, -0.25) is 10.1 Å². The van der Waals surface area contributed by atoms with E-state index in [0.29, 0.717) is 15.8 Å². The van der Waals surface area contributed by atoms with Gasteiger partial charge in [-0.05, 0) is 23.6 Å². The lowest BCUT2D eigenvalue weighted by atomic mass is 10.2. The summed E-state index contributed by atoms with van der Waals surface area (Å²) in [6.45, 7) is 0. The summed E-state index contributed by atoms with van der Waals surface area (Å²) in [6.07, 6.45) is 1.73. The summed E-state index contributed by atoms with van der Waals surface area (Å²) in [6, 6.07) is 12.9. The Balaban J connectivity index is 1.67. The number of anilines is 1. The third kappa shape index (κ3) is 3.59. The topological polar surface area (TPSA) is 67.2 Å². The van der Waals surface area contributed by atoms with Gasteiger partial charge in [0.15, 0.2) is 0 Å². The fourth-order valence-electron chi connectivity index (χ4n) is 1.56. The van der Waals surface area contributed by atoms with Crippen LogP contribution in [0.2, 0.25) is 0 Å². The second-order valence-corrected chi connectivity index (χ2v) is 5.92. The van der Waals surface area contributed by atoms with E-state index in [-0.39, 0.29) is 5.91 Å². The molecular weight excluding hydrogens is 304 g/mol. The Bertz CT molecular complexity index is 750. The van der Waals surface area contributed by atoms with Crippen molar-refractivity contribution in [3.8, 4) is 0 Å². The lowest BCUT2D eigenvalue weighted by Gasteiger charge is -1.99. The number of benzene rings is 1. The first kappa shape index (κ1) is 13.6. The number of amides is 1. The molecule has 1 amide bonds. The maximum atomic E-state index is 12.0. The highest BCUT2D eigenvalue weighted by Crippen LogP contribution is 2.23. The average Bonchev–Trinajstić information content (AvgIpc) is 3.17. The molecule has 0 fully saturated rings. The summed E-state index contributed by atoms with van der Waals surface area (Å²) in [4.78, 5) is 17.2. The summed E-state index contributed by atoms with van der Waals surface area (Å²) in [5.41, 5.74) is 0.580. The molecule has 0 aliphatic heterocycles. The van der Waals surface area contributed by atoms with Gasteiger partial charge in [0.2, 0.25) is 10.3 Å². The van der Waals surface area contributed by atoms with E-state index in [0.717, 1.165) is 4.88 Å². The van der Waals surface area contributed by atoms with Crippen LogP contribution in [0.4, 0.5) is 10.3 Å². The zero-order chi connectivity index (χ0) is 14.5. The second kappa shape index (κ2) is 6.38. The van der Waals surface area contributed by atoms with Crippen LogP contribution < -0.4 is 5.32 Å². The minimum absolute atomic E-state index is 0.208. The first-order chi connectivity index (χ1) is 10.3. The van der Waals surface area contributed by atoms with Crippen molar-refractivity contribution in [1.82, 2.24) is 10.2 Å². The van der Waals surface area contributed by atoms with Crippen molar-refractivity contribution < 1.29 is 4.79 Å². The summed E-state index contributed by atoms with van der Waals surface area (Å²) in [7, 11) is 0. The molecule has 0 saturated carbocycles. The minimum atomic E-state index is -0.208. The molecule has 3 aromatic rings. The number of rotatable bonds is 4. The van der Waals surface area contributed by atoms with Crippen LogP contribution in [0.1, 0.15) is 15.2 Å². The van der Waals surface area contributed by atoms with Gasteiger partial charge in [0.1, 0.15) is 0 Å². The Morgan fingerprint density at radius 2 is 2.00 bits per heavy atom. The molecule has 3 rings (SSSR count). The maximum absolute atomic E-state index is 12.0. The smallest absolute Gasteiger partial charge is 0.257 e. The van der Waals surface area contributed by atoms with E-state index in [1.54, 1.807) is 29.7 Å². The monoisotopic (exact) mass is 314 g/mol. The number of nitrogens with zero attached hydrogens (tertiary/aromatic N) is 3. The van der Waals surface area contributed by atoms with E-state index in [9.17, 15) is 4.79 Å². The molecule has 5 nitrogen and oxygen atoms in total. The number of hydrogen-bond acceptors (Lipinski definition) is 6. The fraction of sp³-hybridized carbons (Fsp3) is 0. The Kier molecular flexibility index (Phi) is 4.13. The SMILES string of the molecule is O=C(Nc1nnc(/N=C/c2cccs2)s1)c1ccccc1. The van der Waals surface area contributed by atoms with Crippen molar-refractivity contribution in [3.63, 3.8) is 0 Å². The van der Waals surface area contributed by atoms with Crippen LogP contribution in [-0.4, -0.2) is 22.3 Å². The molecule has 0 atom stereocenters. The quantitative estimate of drug-likeness (QED) is 0.748. The number of nitrogens with one attached hydrogen (secondary N) is 1. The molecule has 2 heterocycles. The van der Waals surface area contributed by atoms with Crippen molar-refractivity contribution in [2.75, 3.05) is 5.32 Å². The molecule has 1 N–H and O–H groups in total. The first-order valence-corrected chi connectivity index (χ1v) is 7.78. The summed E-state index contributed by atoms with van der Waals surface area (Å²) in [5.74, 6) is -0.208. The summed E-state index contributed by atoms with van der Waals surface area (Å²) >= 11 is 2.82. The maximum Gasteiger partial charge on any atom is 0.257 e. The molecule has 1 aromatic carbocycles. The number of aromatic nitrogens is 2. The van der Waals surface area contributed by atoms with Gasteiger partial charge in [-0.15, -0.1) is 21.5 Å². The van der Waals surface area contributed by atoms with E-state index < -0.39 is 0 Å². The van der Waals surface area contributed by atoms with E-state index in [1.165, 1.54) is 11.3 Å². The van der Waals surface area contributed by atoms with Crippen LogP contribution >= 0.6 is 22.7 Å². The molecule has 104 valence electrons. The van der Waals surface area contributed by atoms with Crippen LogP contribution in [0.5, 0.6) is 0 Å². The highest BCUT2D eigenvalue weighted by molar-refractivity contribution is 7.19. The zero-order valence-electron chi connectivity index (χ0n) is 10.8. The van der Waals surface area contributed by atoms with Crippen molar-refractivity contribution in [3.05, 3.63) is 58.3 Å². The third-order valence-corrected chi connectivity index (χ3v) is 4.07. The van der Waals surface area contributed by atoms with Crippen LogP contribution in [0.15, 0.2) is 52.8 Å². The van der Waals surface area contributed by atoms with Crippen LogP contribution in [-0.2, 0) is 0 Å². The molecule has 2 aromatic heterocycles. The van der Waals surface area contributed by atoms with Gasteiger partial charge in [0.25, 0.3) is 5.91 Å². The third-order valence-electron chi connectivity index (χ3n) is 2.52. The van der Waals surface area contributed by atoms with Gasteiger partial charge >= 0.3 is 0 Å². The van der Waals surface area contributed by atoms with Crippen molar-refractivity contribution in [2.24, 2.45) is 4.99 Å². The highest BCUT2D eigenvalue weighted by atomic mass is 32.1. The number of carbonyl (C=O) groups is 1. The van der Waals surface area contributed by atoms with Crippen LogP contribution in [0, 0.1) is 0 Å². The Labute approximate surface area is 129 Å². The largest absolute Gasteiger partial charge is 0.296 e. The fourth-order valence-corrected chi connectivity index (χ4v) is 2.73. The van der Waals surface area contributed by atoms with E-state index in [4.69, 9.17) is 0 Å². The zero-order valence-corrected chi connectivity index (χ0v) is 12.4. The number of carbonyl (C=O) groups excluding carboxylic acids is 1. The van der Waals surface area contributed by atoms with Gasteiger partial charge < -0.3 is 0 Å². The van der Waals surface area contributed by atoms with Crippen molar-refractivity contribution >= 4 is 45.1 Å². The Morgan fingerprint density at radius 1 is 1.14 bits per heavy atom. The minimum Gasteiger partial charge on any atom is -0.296 e. The second-order valence-electron chi connectivity index (χ2n) is 3.98. The van der Waals surface area contributed by atoms with Gasteiger partial charge in [-0.1, -0.05) is 35.6 Å². The molecule has 0 bridgehead atoms. The number of aliphatic imine (C=N–C) groups is 1. The van der Waals surface area contributed by atoms with Gasteiger partial charge in [0, 0.05) is 16.7 Å². The van der Waals surface area contributed by atoms with Crippen molar-refractivity contribution in [1.29, 1.82) is 0 Å². The highest BCUT2D eigenvalue weighted by Gasteiger charge is 2.09. The normalized spacial score (nSPS) is 10.9. The van der Waals surface area contributed by atoms with Gasteiger partial charge in [-0.2, -0.15) is 0 Å². The first-order valence-electron chi connectivity index (χ1n) is 6.09. The standard InChI is InChI=1S/C14H10N4OS2/c19-12(10-5-2-1-3-6-10)16-14-18-17-13(21-14)15-9-11-7-4-8-20-11/h1-9H,(H,16,18,19)/b15-9+. The van der Waals surface area contributed by atoms with E-state index in [2.05, 4.69) is 20.5 Å². The van der Waals surface area contributed by atoms with Gasteiger partial charge in [-0.25, -0.2) is 4.99 Å². The summed E-state index contributed by atoms with van der Waals surface area (Å²) < 4.78 is 0. The predicted octanol–water partition coefficient (Wildman–Crippen LogP) is 3.60. The molecule has 0 saturated heterocycles. The van der Waals surface area contributed by atoms with Crippen LogP contribution in [0.3, 0.4) is 0 Å². The molecule has 0 unspecified atom stereocenters. The summed E-state index contributed by atoms with van der Waals surface area (Å²) in [5, 5.41) is 13.5.